The molecule has 0 bridgehead atoms. The van der Waals surface area contributed by atoms with Gasteiger partial charge >= 0.3 is 0 Å². The van der Waals surface area contributed by atoms with E-state index in [4.69, 9.17) is 15.2 Å². The molecule has 3 heterocycles. The van der Waals surface area contributed by atoms with Crippen LogP contribution in [0.5, 0.6) is 11.5 Å². The van der Waals surface area contributed by atoms with Gasteiger partial charge in [0.1, 0.15) is 13.2 Å². The number of nitrogens with zero attached hydrogens (tertiary/aromatic N) is 3. The normalized spacial score (nSPS) is 20.2. The minimum Gasteiger partial charge on any atom is -0.486 e. The molecule has 0 amide bonds. The molecule has 22 heavy (non-hydrogen) atoms. The molecule has 1 saturated heterocycles. The molecule has 2 aromatic rings. The molecule has 1 aromatic heterocycles. The molecule has 2 N–H and O–H groups in total. The highest BCUT2D eigenvalue weighted by Gasteiger charge is 2.20. The number of nitrogens with two attached hydrogens (primary N) is 1. The molecule has 0 aliphatic carbocycles. The summed E-state index contributed by atoms with van der Waals surface area (Å²) in [4.78, 5) is 2.17. The predicted molar refractivity (Wildman–Crippen MR) is 83.3 cm³/mol. The van der Waals surface area contributed by atoms with Crippen molar-refractivity contribution in [2.24, 2.45) is 5.73 Å². The number of ether oxygens (including phenoxy) is 2. The van der Waals surface area contributed by atoms with Gasteiger partial charge in [0.15, 0.2) is 17.3 Å². The first-order valence-corrected chi connectivity index (χ1v) is 7.54. The number of fused-ring (bicyclic) bond motifs is 1. The molecule has 1 atom stereocenters. The summed E-state index contributed by atoms with van der Waals surface area (Å²) < 4.78 is 11.1. The van der Waals surface area contributed by atoms with Crippen molar-refractivity contribution in [2.75, 3.05) is 31.2 Å². The van der Waals surface area contributed by atoms with Gasteiger partial charge in [0.05, 0.1) is 5.69 Å². The minimum atomic E-state index is 0.235. The molecule has 1 aromatic carbocycles. The topological polar surface area (TPSA) is 73.5 Å². The Labute approximate surface area is 128 Å². The van der Waals surface area contributed by atoms with Crippen LogP contribution in [0.25, 0.3) is 11.3 Å². The zero-order valence-corrected chi connectivity index (χ0v) is 12.2. The number of benzene rings is 1. The molecule has 2 aliphatic heterocycles. The summed E-state index contributed by atoms with van der Waals surface area (Å²) >= 11 is 0. The summed E-state index contributed by atoms with van der Waals surface area (Å²) in [5.74, 6) is 2.43. The Kier molecular flexibility index (Phi) is 3.31. The number of hydrogen-bond acceptors (Lipinski definition) is 6. The number of hydrogen-bond donors (Lipinski definition) is 1. The van der Waals surface area contributed by atoms with Crippen LogP contribution in [0.2, 0.25) is 0 Å². The van der Waals surface area contributed by atoms with Gasteiger partial charge in [0.25, 0.3) is 0 Å². The van der Waals surface area contributed by atoms with E-state index in [0.29, 0.717) is 13.2 Å². The van der Waals surface area contributed by atoms with E-state index in [1.165, 1.54) is 0 Å². The molecule has 0 saturated carbocycles. The maximum atomic E-state index is 5.93. The lowest BCUT2D eigenvalue weighted by atomic mass is 10.1. The van der Waals surface area contributed by atoms with E-state index >= 15 is 0 Å². The Morgan fingerprint density at radius 2 is 1.91 bits per heavy atom. The van der Waals surface area contributed by atoms with Crippen molar-refractivity contribution in [3.63, 3.8) is 0 Å². The number of aromatic nitrogens is 2. The molecular formula is C16H18N4O2. The minimum absolute atomic E-state index is 0.235. The first-order valence-electron chi connectivity index (χ1n) is 7.54. The zero-order chi connectivity index (χ0) is 14.9. The van der Waals surface area contributed by atoms with Crippen LogP contribution in [0.3, 0.4) is 0 Å². The first kappa shape index (κ1) is 13.3. The van der Waals surface area contributed by atoms with Gasteiger partial charge in [-0.1, -0.05) is 0 Å². The van der Waals surface area contributed by atoms with E-state index in [2.05, 4.69) is 15.1 Å². The molecule has 1 unspecified atom stereocenters. The summed E-state index contributed by atoms with van der Waals surface area (Å²) in [6.45, 7) is 2.96. The van der Waals surface area contributed by atoms with Gasteiger partial charge < -0.3 is 20.1 Å². The molecule has 6 nitrogen and oxygen atoms in total. The van der Waals surface area contributed by atoms with Crippen LogP contribution in [0, 0.1) is 0 Å². The molecule has 114 valence electrons. The van der Waals surface area contributed by atoms with Crippen molar-refractivity contribution < 1.29 is 9.47 Å². The van der Waals surface area contributed by atoms with E-state index < -0.39 is 0 Å². The second-order valence-electron chi connectivity index (χ2n) is 5.63. The first-order chi connectivity index (χ1) is 10.8. The fourth-order valence-electron chi connectivity index (χ4n) is 2.85. The fourth-order valence-corrected chi connectivity index (χ4v) is 2.85. The van der Waals surface area contributed by atoms with E-state index in [9.17, 15) is 0 Å². The summed E-state index contributed by atoms with van der Waals surface area (Å²) in [5.41, 5.74) is 7.73. The molecule has 1 fully saturated rings. The second-order valence-corrected chi connectivity index (χ2v) is 5.63. The maximum absolute atomic E-state index is 5.93. The van der Waals surface area contributed by atoms with Gasteiger partial charge in [-0.15, -0.1) is 10.2 Å². The van der Waals surface area contributed by atoms with E-state index in [-0.39, 0.29) is 6.04 Å². The number of anilines is 1. The Hall–Kier alpha value is -2.34. The Balaban J connectivity index is 1.58. The van der Waals surface area contributed by atoms with Crippen LogP contribution in [0.1, 0.15) is 6.42 Å². The zero-order valence-electron chi connectivity index (χ0n) is 12.2. The number of rotatable bonds is 2. The van der Waals surface area contributed by atoms with Gasteiger partial charge in [0, 0.05) is 24.7 Å². The fraction of sp³-hybridized carbons (Fsp3) is 0.375. The third-order valence-corrected chi connectivity index (χ3v) is 4.04. The monoisotopic (exact) mass is 298 g/mol. The second kappa shape index (κ2) is 5.46. The lowest BCUT2D eigenvalue weighted by Gasteiger charge is -2.19. The van der Waals surface area contributed by atoms with Crippen LogP contribution < -0.4 is 20.1 Å². The van der Waals surface area contributed by atoms with Gasteiger partial charge in [-0.25, -0.2) is 0 Å². The summed E-state index contributed by atoms with van der Waals surface area (Å²) in [6.07, 6.45) is 1.01. The third-order valence-electron chi connectivity index (χ3n) is 4.04. The van der Waals surface area contributed by atoms with Crippen LogP contribution in [0.15, 0.2) is 30.3 Å². The molecule has 2 aliphatic rings. The van der Waals surface area contributed by atoms with E-state index in [1.807, 2.05) is 30.3 Å². The highest BCUT2D eigenvalue weighted by atomic mass is 16.6. The van der Waals surface area contributed by atoms with Crippen LogP contribution in [-0.4, -0.2) is 42.5 Å². The highest BCUT2D eigenvalue weighted by molar-refractivity contribution is 5.64. The summed E-state index contributed by atoms with van der Waals surface area (Å²) in [6, 6.07) is 10.1. The lowest BCUT2D eigenvalue weighted by Crippen LogP contribution is -2.27. The van der Waals surface area contributed by atoms with Crippen molar-refractivity contribution in [1.82, 2.24) is 10.2 Å². The maximum Gasteiger partial charge on any atom is 0.162 e. The Bertz CT molecular complexity index is 674. The molecule has 4 rings (SSSR count). The van der Waals surface area contributed by atoms with Crippen LogP contribution >= 0.6 is 0 Å². The van der Waals surface area contributed by atoms with E-state index in [1.54, 1.807) is 0 Å². The SMILES string of the molecule is NC1CCN(c2ccc(-c3ccc4c(c3)OCCO4)nn2)C1. The van der Waals surface area contributed by atoms with Gasteiger partial charge in [-0.3, -0.25) is 0 Å². The van der Waals surface area contributed by atoms with Crippen molar-refractivity contribution >= 4 is 5.82 Å². The molecule has 0 spiro atoms. The standard InChI is InChI=1S/C16H18N4O2/c17-12-5-6-20(10-12)16-4-2-13(18-19-16)11-1-3-14-15(9-11)22-8-7-21-14/h1-4,9,12H,5-8,10,17H2. The van der Waals surface area contributed by atoms with Crippen LogP contribution in [0.4, 0.5) is 5.82 Å². The largest absolute Gasteiger partial charge is 0.486 e. The molecule has 0 radical (unpaired) electrons. The van der Waals surface area contributed by atoms with Crippen molar-refractivity contribution in [1.29, 1.82) is 0 Å². The summed E-state index contributed by atoms with van der Waals surface area (Å²) in [7, 11) is 0. The Morgan fingerprint density at radius 1 is 1.05 bits per heavy atom. The molecular weight excluding hydrogens is 280 g/mol. The Morgan fingerprint density at radius 3 is 2.64 bits per heavy atom. The van der Waals surface area contributed by atoms with Gasteiger partial charge in [0.2, 0.25) is 0 Å². The van der Waals surface area contributed by atoms with E-state index in [0.717, 1.165) is 48.1 Å². The van der Waals surface area contributed by atoms with Gasteiger partial charge in [-0.2, -0.15) is 0 Å². The lowest BCUT2D eigenvalue weighted by molar-refractivity contribution is 0.171. The average Bonchev–Trinajstić information content (AvgIpc) is 3.01. The summed E-state index contributed by atoms with van der Waals surface area (Å²) in [5, 5.41) is 8.67. The molecule has 6 heteroatoms. The van der Waals surface area contributed by atoms with Crippen molar-refractivity contribution in [2.45, 2.75) is 12.5 Å². The van der Waals surface area contributed by atoms with Crippen molar-refractivity contribution in [3.8, 4) is 22.8 Å². The average molecular weight is 298 g/mol. The smallest absolute Gasteiger partial charge is 0.162 e. The quantitative estimate of drug-likeness (QED) is 0.904. The van der Waals surface area contributed by atoms with Crippen LogP contribution in [-0.2, 0) is 0 Å². The van der Waals surface area contributed by atoms with Gasteiger partial charge in [-0.05, 0) is 36.8 Å². The van der Waals surface area contributed by atoms with Crippen molar-refractivity contribution in [3.05, 3.63) is 30.3 Å². The highest BCUT2D eigenvalue weighted by Crippen LogP contribution is 2.34. The third kappa shape index (κ3) is 2.46. The predicted octanol–water partition coefficient (Wildman–Crippen LogP) is 1.45.